The van der Waals surface area contributed by atoms with E-state index in [1.807, 2.05) is 6.07 Å². The summed E-state index contributed by atoms with van der Waals surface area (Å²) in [4.78, 5) is 13.1. The van der Waals surface area contributed by atoms with Crippen molar-refractivity contribution < 1.29 is 4.79 Å². The van der Waals surface area contributed by atoms with Crippen LogP contribution in [0.25, 0.3) is 10.7 Å². The average Bonchev–Trinajstić information content (AvgIpc) is 3.09. The van der Waals surface area contributed by atoms with E-state index in [0.717, 1.165) is 35.2 Å². The first-order valence-corrected chi connectivity index (χ1v) is 10.0. The highest BCUT2D eigenvalue weighted by molar-refractivity contribution is 7.99. The standard InChI is InChI=1S/C16H22N4OS2/c1-2-3-4-9-17-14(21)11-23-16-19-18-15(13-6-5-10-22-13)20(16)12-7-8-12/h5-6,10,12H,2-4,7-9,11H2,1H3,(H,17,21). The van der Waals surface area contributed by atoms with Gasteiger partial charge in [0.2, 0.25) is 5.91 Å². The van der Waals surface area contributed by atoms with Crippen molar-refractivity contribution in [1.29, 1.82) is 0 Å². The molecule has 1 fully saturated rings. The second-order valence-corrected chi connectivity index (χ2v) is 7.62. The number of nitrogens with one attached hydrogen (secondary N) is 1. The van der Waals surface area contributed by atoms with Crippen molar-refractivity contribution in [1.82, 2.24) is 20.1 Å². The fourth-order valence-corrected chi connectivity index (χ4v) is 3.94. The number of carbonyl (C=O) groups is 1. The van der Waals surface area contributed by atoms with Gasteiger partial charge in [-0.15, -0.1) is 21.5 Å². The molecule has 2 aromatic rings. The summed E-state index contributed by atoms with van der Waals surface area (Å²) in [6.45, 7) is 2.93. The third-order valence-corrected chi connectivity index (χ3v) is 5.56. The van der Waals surface area contributed by atoms with E-state index in [-0.39, 0.29) is 5.91 Å². The molecule has 0 spiro atoms. The van der Waals surface area contributed by atoms with Crippen LogP contribution in [0.5, 0.6) is 0 Å². The number of rotatable bonds is 9. The highest BCUT2D eigenvalue weighted by atomic mass is 32.2. The number of unbranched alkanes of at least 4 members (excludes halogenated alkanes) is 2. The van der Waals surface area contributed by atoms with Crippen molar-refractivity contribution >= 4 is 29.0 Å². The van der Waals surface area contributed by atoms with Gasteiger partial charge in [-0.3, -0.25) is 9.36 Å². The van der Waals surface area contributed by atoms with Crippen LogP contribution in [0.1, 0.15) is 45.1 Å². The van der Waals surface area contributed by atoms with Crippen molar-refractivity contribution in [3.8, 4) is 10.7 Å². The minimum atomic E-state index is 0.0779. The van der Waals surface area contributed by atoms with Gasteiger partial charge in [-0.25, -0.2) is 0 Å². The number of amides is 1. The lowest BCUT2D eigenvalue weighted by molar-refractivity contribution is -0.118. The Hall–Kier alpha value is -1.34. The lowest BCUT2D eigenvalue weighted by Crippen LogP contribution is -2.26. The molecular formula is C16H22N4OS2. The number of hydrogen-bond donors (Lipinski definition) is 1. The van der Waals surface area contributed by atoms with Crippen LogP contribution in [0.3, 0.4) is 0 Å². The van der Waals surface area contributed by atoms with E-state index in [4.69, 9.17) is 0 Å². The molecule has 124 valence electrons. The van der Waals surface area contributed by atoms with Gasteiger partial charge in [0.05, 0.1) is 10.6 Å². The van der Waals surface area contributed by atoms with Gasteiger partial charge in [0.1, 0.15) is 0 Å². The molecule has 2 heterocycles. The maximum Gasteiger partial charge on any atom is 0.230 e. The van der Waals surface area contributed by atoms with Gasteiger partial charge >= 0.3 is 0 Å². The molecule has 23 heavy (non-hydrogen) atoms. The van der Waals surface area contributed by atoms with Crippen LogP contribution in [-0.2, 0) is 4.79 Å². The molecule has 0 aromatic carbocycles. The molecule has 1 aliphatic rings. The second kappa shape index (κ2) is 7.97. The summed E-state index contributed by atoms with van der Waals surface area (Å²) in [5.41, 5.74) is 0. The number of nitrogens with zero attached hydrogens (tertiary/aromatic N) is 3. The first kappa shape index (κ1) is 16.5. The van der Waals surface area contributed by atoms with Gasteiger partial charge in [-0.2, -0.15) is 0 Å². The van der Waals surface area contributed by atoms with E-state index in [2.05, 4.69) is 38.5 Å². The highest BCUT2D eigenvalue weighted by Crippen LogP contribution is 2.41. The van der Waals surface area contributed by atoms with Gasteiger partial charge < -0.3 is 5.32 Å². The fraction of sp³-hybridized carbons (Fsp3) is 0.562. The fourth-order valence-electron chi connectivity index (χ4n) is 2.40. The van der Waals surface area contributed by atoms with Crippen LogP contribution in [0, 0.1) is 0 Å². The van der Waals surface area contributed by atoms with Crippen LogP contribution < -0.4 is 5.32 Å². The first-order valence-electron chi connectivity index (χ1n) is 8.18. The Labute approximate surface area is 144 Å². The topological polar surface area (TPSA) is 59.8 Å². The molecule has 5 nitrogen and oxygen atoms in total. The molecular weight excluding hydrogens is 328 g/mol. The van der Waals surface area contributed by atoms with Crippen molar-refractivity contribution in [2.45, 2.75) is 50.2 Å². The van der Waals surface area contributed by atoms with E-state index >= 15 is 0 Å². The molecule has 2 aromatic heterocycles. The molecule has 1 N–H and O–H groups in total. The van der Waals surface area contributed by atoms with E-state index in [1.165, 1.54) is 31.0 Å². The van der Waals surface area contributed by atoms with E-state index in [9.17, 15) is 4.79 Å². The monoisotopic (exact) mass is 350 g/mol. The Morgan fingerprint density at radius 2 is 2.30 bits per heavy atom. The maximum atomic E-state index is 11.9. The molecule has 0 unspecified atom stereocenters. The third-order valence-electron chi connectivity index (χ3n) is 3.75. The average molecular weight is 351 g/mol. The smallest absolute Gasteiger partial charge is 0.230 e. The highest BCUT2D eigenvalue weighted by Gasteiger charge is 2.30. The molecule has 0 atom stereocenters. The maximum absolute atomic E-state index is 11.9. The number of carbonyl (C=O) groups excluding carboxylic acids is 1. The van der Waals surface area contributed by atoms with E-state index in [1.54, 1.807) is 11.3 Å². The van der Waals surface area contributed by atoms with E-state index < -0.39 is 0 Å². The van der Waals surface area contributed by atoms with Crippen molar-refractivity contribution in [3.05, 3.63) is 17.5 Å². The van der Waals surface area contributed by atoms with Crippen LogP contribution >= 0.6 is 23.1 Å². The second-order valence-electron chi connectivity index (χ2n) is 5.73. The van der Waals surface area contributed by atoms with Gasteiger partial charge in [0.15, 0.2) is 11.0 Å². The van der Waals surface area contributed by atoms with Crippen molar-refractivity contribution in [3.63, 3.8) is 0 Å². The summed E-state index contributed by atoms with van der Waals surface area (Å²) in [7, 11) is 0. The zero-order chi connectivity index (χ0) is 16.1. The Bertz CT molecular complexity index is 635. The number of thiophene rings is 1. The summed E-state index contributed by atoms with van der Waals surface area (Å²) in [6.07, 6.45) is 5.72. The summed E-state index contributed by atoms with van der Waals surface area (Å²) in [6, 6.07) is 4.60. The number of aromatic nitrogens is 3. The summed E-state index contributed by atoms with van der Waals surface area (Å²) in [5, 5.41) is 14.6. The molecule has 0 bridgehead atoms. The molecule has 7 heteroatoms. The van der Waals surface area contributed by atoms with Gasteiger partial charge in [0.25, 0.3) is 0 Å². The van der Waals surface area contributed by atoms with Gasteiger partial charge in [0, 0.05) is 12.6 Å². The molecule has 0 saturated heterocycles. The predicted octanol–water partition coefficient (Wildman–Crippen LogP) is 3.74. The number of thioether (sulfide) groups is 1. The lowest BCUT2D eigenvalue weighted by Gasteiger charge is -2.08. The Balaban J connectivity index is 1.59. The van der Waals surface area contributed by atoms with Crippen LogP contribution in [0.2, 0.25) is 0 Å². The zero-order valence-electron chi connectivity index (χ0n) is 13.3. The first-order chi connectivity index (χ1) is 11.3. The van der Waals surface area contributed by atoms with Crippen LogP contribution in [0.15, 0.2) is 22.7 Å². The minimum Gasteiger partial charge on any atom is -0.355 e. The lowest BCUT2D eigenvalue weighted by atomic mass is 10.2. The van der Waals surface area contributed by atoms with Gasteiger partial charge in [-0.05, 0) is 30.7 Å². The van der Waals surface area contributed by atoms with Crippen molar-refractivity contribution in [2.24, 2.45) is 0 Å². The Morgan fingerprint density at radius 3 is 3.00 bits per heavy atom. The minimum absolute atomic E-state index is 0.0779. The zero-order valence-corrected chi connectivity index (χ0v) is 15.0. The van der Waals surface area contributed by atoms with Crippen molar-refractivity contribution in [2.75, 3.05) is 12.3 Å². The van der Waals surface area contributed by atoms with E-state index in [0.29, 0.717) is 11.8 Å². The third kappa shape index (κ3) is 4.35. The summed E-state index contributed by atoms with van der Waals surface area (Å²) >= 11 is 3.16. The predicted molar refractivity (Wildman–Crippen MR) is 94.9 cm³/mol. The normalized spacial score (nSPS) is 14.1. The number of hydrogen-bond acceptors (Lipinski definition) is 5. The Morgan fingerprint density at radius 1 is 1.43 bits per heavy atom. The molecule has 1 amide bonds. The largest absolute Gasteiger partial charge is 0.355 e. The Kier molecular flexibility index (Phi) is 5.72. The quantitative estimate of drug-likeness (QED) is 0.553. The molecule has 0 radical (unpaired) electrons. The SMILES string of the molecule is CCCCCNC(=O)CSc1nnc(-c2cccs2)n1C1CC1. The molecule has 1 aliphatic carbocycles. The summed E-state index contributed by atoms with van der Waals surface area (Å²) < 4.78 is 2.21. The molecule has 3 rings (SSSR count). The van der Waals surface area contributed by atoms with Crippen LogP contribution in [-0.4, -0.2) is 33.0 Å². The molecule has 0 aliphatic heterocycles. The molecule has 1 saturated carbocycles. The van der Waals surface area contributed by atoms with Gasteiger partial charge in [-0.1, -0.05) is 37.6 Å². The summed E-state index contributed by atoms with van der Waals surface area (Å²) in [5.74, 6) is 1.42. The van der Waals surface area contributed by atoms with Crippen LogP contribution in [0.4, 0.5) is 0 Å².